The Bertz CT molecular complexity index is 541. The highest BCUT2D eigenvalue weighted by molar-refractivity contribution is 5.01. The summed E-state index contributed by atoms with van der Waals surface area (Å²) in [4.78, 5) is 4.99. The van der Waals surface area contributed by atoms with Crippen LogP contribution in [0.1, 0.15) is 118 Å². The van der Waals surface area contributed by atoms with E-state index in [0.29, 0.717) is 24.0 Å². The van der Waals surface area contributed by atoms with E-state index in [-0.39, 0.29) is 6.10 Å². The highest BCUT2D eigenvalue weighted by Gasteiger charge is 2.27. The zero-order valence-corrected chi connectivity index (χ0v) is 23.0. The van der Waals surface area contributed by atoms with Crippen molar-refractivity contribution in [3.8, 4) is 0 Å². The van der Waals surface area contributed by atoms with E-state index in [1.54, 1.807) is 0 Å². The maximum atomic E-state index is 11.0. The van der Waals surface area contributed by atoms with Crippen LogP contribution in [-0.2, 0) is 0 Å². The molecule has 0 saturated heterocycles. The average molecular weight is 480 g/mol. The molecule has 0 spiro atoms. The van der Waals surface area contributed by atoms with Crippen molar-refractivity contribution in [1.29, 1.82) is 0 Å². The quantitative estimate of drug-likeness (QED) is 0.229. The number of nitrogens with zero attached hydrogens (tertiary/aromatic N) is 2. The van der Waals surface area contributed by atoms with E-state index >= 15 is 0 Å². The molecule has 0 aromatic carbocycles. The number of aliphatic hydroxyl groups excluding tert-OH is 2. The maximum absolute atomic E-state index is 11.0. The zero-order chi connectivity index (χ0) is 24.8. The molecule has 2 atom stereocenters. The summed E-state index contributed by atoms with van der Waals surface area (Å²) in [5.41, 5.74) is 1.12. The summed E-state index contributed by atoms with van der Waals surface area (Å²) >= 11 is 0. The maximum Gasteiger partial charge on any atom is 0.0983 e. The van der Waals surface area contributed by atoms with Crippen LogP contribution in [0.15, 0.2) is 12.0 Å². The normalized spacial score (nSPS) is 24.4. The van der Waals surface area contributed by atoms with E-state index in [2.05, 4.69) is 42.8 Å². The van der Waals surface area contributed by atoms with Gasteiger partial charge in [-0.15, -0.1) is 0 Å². The van der Waals surface area contributed by atoms with Gasteiger partial charge in [0.25, 0.3) is 0 Å². The molecule has 2 rings (SSSR count). The molecule has 5 nitrogen and oxygen atoms in total. The number of hydrogen-bond donors (Lipinski definition) is 3. The first-order valence-electron chi connectivity index (χ1n) is 14.8. The molecule has 2 aliphatic carbocycles. The third-order valence-corrected chi connectivity index (χ3v) is 8.54. The lowest BCUT2D eigenvalue weighted by Crippen LogP contribution is -2.42. The molecule has 2 fully saturated rings. The van der Waals surface area contributed by atoms with Crippen molar-refractivity contribution in [2.45, 2.75) is 142 Å². The van der Waals surface area contributed by atoms with Gasteiger partial charge in [-0.05, 0) is 90.1 Å². The molecular weight excluding hydrogens is 422 g/mol. The molecule has 0 aromatic heterocycles. The third kappa shape index (κ3) is 9.70. The fourth-order valence-electron chi connectivity index (χ4n) is 6.69. The van der Waals surface area contributed by atoms with E-state index in [4.69, 9.17) is 0 Å². The van der Waals surface area contributed by atoms with Crippen LogP contribution in [0.3, 0.4) is 0 Å². The smallest absolute Gasteiger partial charge is 0.0983 e. The number of aliphatic hydroxyl groups is 2. The fourth-order valence-corrected chi connectivity index (χ4v) is 6.69. The Morgan fingerprint density at radius 3 is 2.21 bits per heavy atom. The van der Waals surface area contributed by atoms with Crippen molar-refractivity contribution < 1.29 is 10.2 Å². The molecule has 0 bridgehead atoms. The van der Waals surface area contributed by atoms with Crippen LogP contribution in [0.2, 0.25) is 0 Å². The van der Waals surface area contributed by atoms with Crippen molar-refractivity contribution in [2.24, 2.45) is 5.92 Å². The van der Waals surface area contributed by atoms with Crippen molar-refractivity contribution in [1.82, 2.24) is 15.1 Å². The highest BCUT2D eigenvalue weighted by atomic mass is 16.3. The van der Waals surface area contributed by atoms with Crippen molar-refractivity contribution >= 4 is 0 Å². The van der Waals surface area contributed by atoms with Crippen LogP contribution < -0.4 is 5.32 Å². The molecule has 0 amide bonds. The van der Waals surface area contributed by atoms with Gasteiger partial charge in [0.1, 0.15) is 0 Å². The summed E-state index contributed by atoms with van der Waals surface area (Å²) in [6.07, 6.45) is 17.9. The molecule has 34 heavy (non-hydrogen) atoms. The van der Waals surface area contributed by atoms with E-state index in [1.807, 2.05) is 0 Å². The van der Waals surface area contributed by atoms with Crippen molar-refractivity contribution in [3.05, 3.63) is 12.0 Å². The lowest BCUT2D eigenvalue weighted by Gasteiger charge is -2.38. The summed E-state index contributed by atoms with van der Waals surface area (Å²) in [5, 5.41) is 24.7. The molecule has 2 aliphatic rings. The molecule has 0 heterocycles. The second-order valence-electron chi connectivity index (χ2n) is 10.9. The number of nitrogens with one attached hydrogen (secondary N) is 1. The van der Waals surface area contributed by atoms with Gasteiger partial charge in [0, 0.05) is 36.9 Å². The van der Waals surface area contributed by atoms with Gasteiger partial charge in [-0.3, -0.25) is 4.90 Å². The first-order chi connectivity index (χ1) is 16.6. The molecule has 2 unspecified atom stereocenters. The number of allylic oxidation sites excluding steroid dienone is 1. The minimum atomic E-state index is -0.234. The van der Waals surface area contributed by atoms with Crippen molar-refractivity contribution in [2.75, 3.05) is 26.2 Å². The zero-order valence-electron chi connectivity index (χ0n) is 23.0. The lowest BCUT2D eigenvalue weighted by molar-refractivity contribution is 0.0603. The Hall–Kier alpha value is -0.780. The minimum absolute atomic E-state index is 0.234. The van der Waals surface area contributed by atoms with Gasteiger partial charge in [-0.1, -0.05) is 46.5 Å². The summed E-state index contributed by atoms with van der Waals surface area (Å²) in [6.45, 7) is 12.7. The predicted molar refractivity (Wildman–Crippen MR) is 145 cm³/mol. The molecule has 2 saturated carbocycles. The van der Waals surface area contributed by atoms with Crippen LogP contribution in [0.5, 0.6) is 0 Å². The molecule has 3 N–H and O–H groups in total. The molecule has 200 valence electrons. The van der Waals surface area contributed by atoms with Crippen LogP contribution in [-0.4, -0.2) is 70.4 Å². The van der Waals surface area contributed by atoms with Crippen molar-refractivity contribution in [3.63, 3.8) is 0 Å². The number of likely N-dealkylation sites (N-methyl/N-ethyl adjacent to an activating group) is 1. The summed E-state index contributed by atoms with van der Waals surface area (Å²) in [7, 11) is 0. The lowest BCUT2D eigenvalue weighted by atomic mass is 9.82. The molecule has 0 aromatic rings. The van der Waals surface area contributed by atoms with E-state index < -0.39 is 0 Å². The van der Waals surface area contributed by atoms with Gasteiger partial charge in [0.2, 0.25) is 0 Å². The number of hydrogen-bond acceptors (Lipinski definition) is 5. The van der Waals surface area contributed by atoms with Gasteiger partial charge >= 0.3 is 0 Å². The van der Waals surface area contributed by atoms with Crippen LogP contribution in [0.4, 0.5) is 0 Å². The highest BCUT2D eigenvalue weighted by Crippen LogP contribution is 2.30. The Morgan fingerprint density at radius 1 is 0.941 bits per heavy atom. The van der Waals surface area contributed by atoms with Crippen LogP contribution in [0.25, 0.3) is 0 Å². The van der Waals surface area contributed by atoms with Crippen LogP contribution in [0, 0.1) is 5.92 Å². The predicted octanol–water partition coefficient (Wildman–Crippen LogP) is 6.23. The average Bonchev–Trinajstić information content (AvgIpc) is 2.86. The van der Waals surface area contributed by atoms with Gasteiger partial charge in [0.15, 0.2) is 0 Å². The van der Waals surface area contributed by atoms with Gasteiger partial charge in [-0.25, -0.2) is 0 Å². The Kier molecular flexibility index (Phi) is 14.6. The van der Waals surface area contributed by atoms with Crippen LogP contribution >= 0.6 is 0 Å². The topological polar surface area (TPSA) is 59.0 Å². The second-order valence-corrected chi connectivity index (χ2v) is 10.9. The van der Waals surface area contributed by atoms with E-state index in [0.717, 1.165) is 64.0 Å². The molecule has 0 aliphatic heterocycles. The molecule has 5 heteroatoms. The first-order valence-corrected chi connectivity index (χ1v) is 14.8. The molecule has 0 radical (unpaired) electrons. The second kappa shape index (κ2) is 16.8. The summed E-state index contributed by atoms with van der Waals surface area (Å²) < 4.78 is 0. The van der Waals surface area contributed by atoms with Gasteiger partial charge < -0.3 is 20.4 Å². The monoisotopic (exact) mass is 479 g/mol. The Balaban J connectivity index is 1.88. The van der Waals surface area contributed by atoms with Gasteiger partial charge in [-0.2, -0.15) is 0 Å². The Labute approximate surface area is 211 Å². The molecular formula is C29H57N3O2. The summed E-state index contributed by atoms with van der Waals surface area (Å²) in [5.74, 6) is 0.672. The first kappa shape index (κ1) is 29.5. The largest absolute Gasteiger partial charge is 0.514 e. The van der Waals surface area contributed by atoms with Gasteiger partial charge in [0.05, 0.1) is 12.4 Å². The standard InChI is InChI=1S/C29H57N3O2/c1-5-12-26(19-20-28(23-33)32(8-4)27-13-10-9-11-14-27)31(7-3)22-29(34)21-24-15-17-25(18-16-24)30-6-2/h23-27,29-30,33-34H,5-22H2,1-4H3/b28-23-. The van der Waals surface area contributed by atoms with E-state index in [1.165, 1.54) is 64.0 Å². The number of rotatable bonds is 16. The third-order valence-electron chi connectivity index (χ3n) is 8.54. The van der Waals surface area contributed by atoms with E-state index in [9.17, 15) is 10.2 Å². The SMILES string of the molecule is CCCC(CC/C(=C/O)N(CC)C1CCCCC1)N(CC)CC(O)CC1CCC(NCC)CC1. The minimum Gasteiger partial charge on any atom is -0.514 e. The Morgan fingerprint density at radius 2 is 1.65 bits per heavy atom. The fraction of sp³-hybridized carbons (Fsp3) is 0.931. The summed E-state index contributed by atoms with van der Waals surface area (Å²) in [6, 6.07) is 1.74.